The standard InChI is InChI=1S/C15H13N3O3/c1-10(21-15(20)13-3-2-8-17-13)14(19)18-12-6-4-11(9-16)5-7-12/h2-8,10,17H,1H3,(H,18,19)/t10-/m0/s1. The molecule has 6 heteroatoms. The number of carbonyl (C=O) groups is 2. The molecule has 0 aliphatic heterocycles. The number of rotatable bonds is 4. The number of nitriles is 1. The Morgan fingerprint density at radius 2 is 2.00 bits per heavy atom. The normalized spacial score (nSPS) is 11.2. The SMILES string of the molecule is C[C@H](OC(=O)c1ccc[nH]1)C(=O)Nc1ccc(C#N)cc1. The van der Waals surface area contributed by atoms with Crippen LogP contribution < -0.4 is 5.32 Å². The molecule has 0 bridgehead atoms. The maximum absolute atomic E-state index is 11.9. The summed E-state index contributed by atoms with van der Waals surface area (Å²) in [4.78, 5) is 26.3. The highest BCUT2D eigenvalue weighted by Gasteiger charge is 2.19. The summed E-state index contributed by atoms with van der Waals surface area (Å²) in [6.07, 6.45) is 0.661. The Hall–Kier alpha value is -3.07. The molecule has 0 saturated heterocycles. The molecule has 0 aliphatic carbocycles. The van der Waals surface area contributed by atoms with Gasteiger partial charge in [-0.2, -0.15) is 5.26 Å². The Kier molecular flexibility index (Phi) is 4.36. The second-order valence-electron chi connectivity index (χ2n) is 4.31. The molecule has 1 heterocycles. The molecule has 106 valence electrons. The minimum absolute atomic E-state index is 0.285. The molecule has 2 N–H and O–H groups in total. The number of hydrogen-bond donors (Lipinski definition) is 2. The Balaban J connectivity index is 1.93. The Labute approximate surface area is 121 Å². The van der Waals surface area contributed by atoms with Gasteiger partial charge in [0.05, 0.1) is 11.6 Å². The van der Waals surface area contributed by atoms with Gasteiger partial charge in [-0.15, -0.1) is 0 Å². The molecule has 1 amide bonds. The van der Waals surface area contributed by atoms with Gasteiger partial charge in [0.15, 0.2) is 6.10 Å². The zero-order valence-corrected chi connectivity index (χ0v) is 11.3. The van der Waals surface area contributed by atoms with Crippen molar-refractivity contribution < 1.29 is 14.3 Å². The van der Waals surface area contributed by atoms with E-state index in [0.29, 0.717) is 11.3 Å². The number of aromatic nitrogens is 1. The van der Waals surface area contributed by atoms with Crippen LogP contribution in [0.5, 0.6) is 0 Å². The van der Waals surface area contributed by atoms with Gasteiger partial charge in [-0.1, -0.05) is 0 Å². The second kappa shape index (κ2) is 6.39. The highest BCUT2D eigenvalue weighted by molar-refractivity contribution is 5.96. The van der Waals surface area contributed by atoms with Crippen molar-refractivity contribution in [1.82, 2.24) is 4.98 Å². The van der Waals surface area contributed by atoms with Crippen LogP contribution in [-0.2, 0) is 9.53 Å². The van der Waals surface area contributed by atoms with Crippen LogP contribution >= 0.6 is 0 Å². The summed E-state index contributed by atoms with van der Waals surface area (Å²) in [7, 11) is 0. The maximum Gasteiger partial charge on any atom is 0.355 e. The maximum atomic E-state index is 11.9. The fourth-order valence-corrected chi connectivity index (χ4v) is 1.61. The lowest BCUT2D eigenvalue weighted by atomic mass is 10.2. The fraction of sp³-hybridized carbons (Fsp3) is 0.133. The van der Waals surface area contributed by atoms with Crippen molar-refractivity contribution in [3.8, 4) is 6.07 Å². The monoisotopic (exact) mass is 283 g/mol. The third-order valence-corrected chi connectivity index (χ3v) is 2.75. The van der Waals surface area contributed by atoms with Crippen molar-refractivity contribution in [3.05, 3.63) is 53.9 Å². The van der Waals surface area contributed by atoms with E-state index in [-0.39, 0.29) is 5.69 Å². The van der Waals surface area contributed by atoms with Crippen LogP contribution in [0, 0.1) is 11.3 Å². The molecule has 2 aromatic rings. The van der Waals surface area contributed by atoms with Crippen molar-refractivity contribution in [2.24, 2.45) is 0 Å². The number of ether oxygens (including phenoxy) is 1. The zero-order chi connectivity index (χ0) is 15.2. The minimum Gasteiger partial charge on any atom is -0.448 e. The number of benzene rings is 1. The lowest BCUT2D eigenvalue weighted by Gasteiger charge is -2.13. The van der Waals surface area contributed by atoms with E-state index in [1.54, 1.807) is 42.6 Å². The molecule has 0 fully saturated rings. The van der Waals surface area contributed by atoms with Crippen LogP contribution in [-0.4, -0.2) is 23.0 Å². The van der Waals surface area contributed by atoms with Crippen molar-refractivity contribution in [1.29, 1.82) is 5.26 Å². The van der Waals surface area contributed by atoms with Gasteiger partial charge in [0.2, 0.25) is 0 Å². The zero-order valence-electron chi connectivity index (χ0n) is 11.3. The number of nitrogens with zero attached hydrogens (tertiary/aromatic N) is 1. The largest absolute Gasteiger partial charge is 0.448 e. The number of amides is 1. The summed E-state index contributed by atoms with van der Waals surface area (Å²) in [6, 6.07) is 11.6. The lowest BCUT2D eigenvalue weighted by Crippen LogP contribution is -2.30. The summed E-state index contributed by atoms with van der Waals surface area (Å²) in [6.45, 7) is 1.49. The van der Waals surface area contributed by atoms with Gasteiger partial charge in [-0.25, -0.2) is 4.79 Å². The van der Waals surface area contributed by atoms with E-state index in [1.165, 1.54) is 6.92 Å². The van der Waals surface area contributed by atoms with Crippen LogP contribution in [0.15, 0.2) is 42.6 Å². The minimum atomic E-state index is -0.934. The van der Waals surface area contributed by atoms with Gasteiger partial charge in [0.1, 0.15) is 5.69 Å². The fourth-order valence-electron chi connectivity index (χ4n) is 1.61. The highest BCUT2D eigenvalue weighted by atomic mass is 16.5. The molecule has 0 unspecified atom stereocenters. The van der Waals surface area contributed by atoms with E-state index in [2.05, 4.69) is 10.3 Å². The second-order valence-corrected chi connectivity index (χ2v) is 4.31. The van der Waals surface area contributed by atoms with Gasteiger partial charge >= 0.3 is 5.97 Å². The average Bonchev–Trinajstić information content (AvgIpc) is 3.02. The van der Waals surface area contributed by atoms with Crippen molar-refractivity contribution in [2.75, 3.05) is 5.32 Å². The molecule has 1 aromatic carbocycles. The predicted molar refractivity (Wildman–Crippen MR) is 75.5 cm³/mol. The Bertz CT molecular complexity index is 669. The smallest absolute Gasteiger partial charge is 0.355 e. The molecule has 1 atom stereocenters. The molecule has 2 rings (SSSR count). The number of carbonyl (C=O) groups excluding carboxylic acids is 2. The summed E-state index contributed by atoms with van der Waals surface area (Å²) in [5.74, 6) is -1.04. The third kappa shape index (κ3) is 3.70. The summed E-state index contributed by atoms with van der Waals surface area (Å²) >= 11 is 0. The first-order valence-electron chi connectivity index (χ1n) is 6.25. The number of aromatic amines is 1. The van der Waals surface area contributed by atoms with E-state index in [9.17, 15) is 9.59 Å². The molecule has 6 nitrogen and oxygen atoms in total. The van der Waals surface area contributed by atoms with E-state index in [1.807, 2.05) is 6.07 Å². The van der Waals surface area contributed by atoms with E-state index in [0.717, 1.165) is 0 Å². The lowest BCUT2D eigenvalue weighted by molar-refractivity contribution is -0.123. The predicted octanol–water partition coefficient (Wildman–Crippen LogP) is 2.07. The van der Waals surface area contributed by atoms with E-state index >= 15 is 0 Å². The topological polar surface area (TPSA) is 95.0 Å². The highest BCUT2D eigenvalue weighted by Crippen LogP contribution is 2.10. The summed E-state index contributed by atoms with van der Waals surface area (Å²) < 4.78 is 5.04. The summed E-state index contributed by atoms with van der Waals surface area (Å²) in [5, 5.41) is 11.3. The van der Waals surface area contributed by atoms with Crippen LogP contribution in [0.4, 0.5) is 5.69 Å². The Morgan fingerprint density at radius 1 is 1.29 bits per heavy atom. The molecular formula is C15H13N3O3. The number of anilines is 1. The molecular weight excluding hydrogens is 270 g/mol. The third-order valence-electron chi connectivity index (χ3n) is 2.75. The van der Waals surface area contributed by atoms with Gasteiger partial charge in [-0.3, -0.25) is 4.79 Å². The first kappa shape index (κ1) is 14.3. The number of hydrogen-bond acceptors (Lipinski definition) is 4. The van der Waals surface area contributed by atoms with E-state index < -0.39 is 18.0 Å². The quantitative estimate of drug-likeness (QED) is 0.840. The van der Waals surface area contributed by atoms with Gasteiger partial charge in [0, 0.05) is 11.9 Å². The van der Waals surface area contributed by atoms with Crippen LogP contribution in [0.3, 0.4) is 0 Å². The first-order chi connectivity index (χ1) is 10.1. The number of H-pyrrole nitrogens is 1. The summed E-state index contributed by atoms with van der Waals surface area (Å²) in [5.41, 5.74) is 1.31. The first-order valence-corrected chi connectivity index (χ1v) is 6.25. The number of esters is 1. The molecule has 1 aromatic heterocycles. The average molecular weight is 283 g/mol. The van der Waals surface area contributed by atoms with Crippen LogP contribution in [0.2, 0.25) is 0 Å². The Morgan fingerprint density at radius 3 is 2.57 bits per heavy atom. The molecule has 0 aliphatic rings. The molecule has 0 spiro atoms. The van der Waals surface area contributed by atoms with Crippen molar-refractivity contribution in [3.63, 3.8) is 0 Å². The van der Waals surface area contributed by atoms with Crippen molar-refractivity contribution >= 4 is 17.6 Å². The van der Waals surface area contributed by atoms with Gasteiger partial charge in [-0.05, 0) is 43.3 Å². The van der Waals surface area contributed by atoms with Gasteiger partial charge < -0.3 is 15.0 Å². The van der Waals surface area contributed by atoms with Crippen molar-refractivity contribution in [2.45, 2.75) is 13.0 Å². The molecule has 21 heavy (non-hydrogen) atoms. The number of nitrogens with one attached hydrogen (secondary N) is 2. The molecule has 0 saturated carbocycles. The van der Waals surface area contributed by atoms with Crippen LogP contribution in [0.1, 0.15) is 23.0 Å². The molecule has 0 radical (unpaired) electrons. The van der Waals surface area contributed by atoms with Gasteiger partial charge in [0.25, 0.3) is 5.91 Å². The van der Waals surface area contributed by atoms with Crippen LogP contribution in [0.25, 0.3) is 0 Å². The van der Waals surface area contributed by atoms with E-state index in [4.69, 9.17) is 10.00 Å².